The van der Waals surface area contributed by atoms with Crippen LogP contribution in [0.2, 0.25) is 0 Å². The van der Waals surface area contributed by atoms with Gasteiger partial charge < -0.3 is 9.73 Å². The molecule has 0 bridgehead atoms. The van der Waals surface area contributed by atoms with Crippen LogP contribution in [0.5, 0.6) is 0 Å². The van der Waals surface area contributed by atoms with Crippen molar-refractivity contribution in [2.45, 2.75) is 51.0 Å². The minimum absolute atomic E-state index is 0.0903. The maximum absolute atomic E-state index is 13.0. The van der Waals surface area contributed by atoms with Crippen molar-refractivity contribution in [2.24, 2.45) is 0 Å². The Labute approximate surface area is 186 Å². The summed E-state index contributed by atoms with van der Waals surface area (Å²) in [6, 6.07) is 10.1. The number of aryl methyl sites for hydroxylation is 2. The molecule has 1 fully saturated rings. The fourth-order valence-electron chi connectivity index (χ4n) is 4.18. The molecular formula is C23H27N3O5S. The highest BCUT2D eigenvalue weighted by atomic mass is 32.2. The Balaban J connectivity index is 1.58. The summed E-state index contributed by atoms with van der Waals surface area (Å²) < 4.78 is 34.1. The lowest BCUT2D eigenvalue weighted by atomic mass is 10.1. The fourth-order valence-corrected chi connectivity index (χ4v) is 5.71. The van der Waals surface area contributed by atoms with Crippen LogP contribution in [0.25, 0.3) is 11.1 Å². The van der Waals surface area contributed by atoms with E-state index in [4.69, 9.17) is 4.42 Å². The second-order valence-corrected chi connectivity index (χ2v) is 10.3. The zero-order valence-corrected chi connectivity index (χ0v) is 19.1. The van der Waals surface area contributed by atoms with Crippen molar-refractivity contribution in [1.82, 2.24) is 8.87 Å². The summed E-state index contributed by atoms with van der Waals surface area (Å²) in [6.07, 6.45) is 3.71. The fraction of sp³-hybridized carbons (Fsp3) is 0.391. The van der Waals surface area contributed by atoms with E-state index in [-0.39, 0.29) is 22.9 Å². The second-order valence-electron chi connectivity index (χ2n) is 8.33. The number of sulfonamides is 1. The molecular weight excluding hydrogens is 430 g/mol. The van der Waals surface area contributed by atoms with Crippen LogP contribution in [0.4, 0.5) is 5.69 Å². The van der Waals surface area contributed by atoms with Crippen LogP contribution in [0.1, 0.15) is 36.8 Å². The van der Waals surface area contributed by atoms with E-state index in [0.717, 1.165) is 36.8 Å². The van der Waals surface area contributed by atoms with Gasteiger partial charge in [-0.1, -0.05) is 18.9 Å². The molecule has 0 radical (unpaired) electrons. The highest BCUT2D eigenvalue weighted by Gasteiger charge is 2.26. The molecule has 32 heavy (non-hydrogen) atoms. The number of nitrogens with one attached hydrogen (secondary N) is 1. The second kappa shape index (κ2) is 8.91. The molecule has 1 aromatic heterocycles. The van der Waals surface area contributed by atoms with Crippen LogP contribution in [0, 0.1) is 13.8 Å². The van der Waals surface area contributed by atoms with Gasteiger partial charge in [0.2, 0.25) is 15.9 Å². The van der Waals surface area contributed by atoms with E-state index in [1.54, 1.807) is 0 Å². The van der Waals surface area contributed by atoms with Gasteiger partial charge >= 0.3 is 5.76 Å². The van der Waals surface area contributed by atoms with Gasteiger partial charge in [-0.15, -0.1) is 0 Å². The predicted molar refractivity (Wildman–Crippen MR) is 122 cm³/mol. The van der Waals surface area contributed by atoms with Gasteiger partial charge in [0.15, 0.2) is 5.58 Å². The van der Waals surface area contributed by atoms with Crippen molar-refractivity contribution in [3.8, 4) is 0 Å². The van der Waals surface area contributed by atoms with Gasteiger partial charge in [0.25, 0.3) is 0 Å². The Morgan fingerprint density at radius 3 is 2.31 bits per heavy atom. The third-order valence-corrected chi connectivity index (χ3v) is 7.54. The summed E-state index contributed by atoms with van der Waals surface area (Å²) in [5.74, 6) is -1.08. The molecule has 3 aromatic rings. The number of hydrogen-bond donors (Lipinski definition) is 1. The molecule has 1 aliphatic heterocycles. The van der Waals surface area contributed by atoms with Crippen molar-refractivity contribution in [3.05, 3.63) is 58.1 Å². The lowest BCUT2D eigenvalue weighted by Crippen LogP contribution is -2.31. The van der Waals surface area contributed by atoms with Crippen LogP contribution in [-0.2, 0) is 21.4 Å². The van der Waals surface area contributed by atoms with Gasteiger partial charge in [0.05, 0.1) is 10.4 Å². The molecule has 2 aromatic carbocycles. The van der Waals surface area contributed by atoms with Gasteiger partial charge in [-0.05, 0) is 62.1 Å². The number of oxazole rings is 1. The summed E-state index contributed by atoms with van der Waals surface area (Å²) in [7, 11) is -3.67. The molecule has 2 heterocycles. The van der Waals surface area contributed by atoms with Crippen molar-refractivity contribution in [2.75, 3.05) is 18.4 Å². The Kier molecular flexibility index (Phi) is 6.21. The lowest BCUT2D eigenvalue weighted by molar-refractivity contribution is -0.116. The first-order valence-corrected chi connectivity index (χ1v) is 12.2. The van der Waals surface area contributed by atoms with Crippen LogP contribution in [0.15, 0.2) is 50.5 Å². The number of aromatic nitrogens is 1. The molecule has 0 spiro atoms. The van der Waals surface area contributed by atoms with E-state index < -0.39 is 15.8 Å². The summed E-state index contributed by atoms with van der Waals surface area (Å²) in [5.41, 5.74) is 3.21. The molecule has 0 atom stereocenters. The average molecular weight is 458 g/mol. The third kappa shape index (κ3) is 4.63. The first kappa shape index (κ1) is 22.3. The van der Waals surface area contributed by atoms with Crippen LogP contribution >= 0.6 is 0 Å². The largest absolute Gasteiger partial charge is 0.420 e. The average Bonchev–Trinajstić information content (AvgIpc) is 2.89. The summed E-state index contributed by atoms with van der Waals surface area (Å²) in [4.78, 5) is 25.0. The van der Waals surface area contributed by atoms with Crippen molar-refractivity contribution in [1.29, 1.82) is 0 Å². The molecule has 9 heteroatoms. The summed E-state index contributed by atoms with van der Waals surface area (Å²) >= 11 is 0. The lowest BCUT2D eigenvalue weighted by Gasteiger charge is -2.19. The van der Waals surface area contributed by atoms with Gasteiger partial charge in [0.1, 0.15) is 6.54 Å². The van der Waals surface area contributed by atoms with Crippen LogP contribution in [0.3, 0.4) is 0 Å². The highest BCUT2D eigenvalue weighted by molar-refractivity contribution is 7.89. The van der Waals surface area contributed by atoms with E-state index in [9.17, 15) is 18.0 Å². The van der Waals surface area contributed by atoms with E-state index in [1.165, 1.54) is 27.1 Å². The Hall–Kier alpha value is -2.91. The maximum atomic E-state index is 13.0. The number of carbonyl (C=O) groups excluding carboxylic acids is 1. The highest BCUT2D eigenvalue weighted by Crippen LogP contribution is 2.24. The maximum Gasteiger partial charge on any atom is 0.420 e. The Bertz CT molecular complexity index is 1290. The molecule has 1 N–H and O–H groups in total. The molecule has 1 aliphatic rings. The van der Waals surface area contributed by atoms with Gasteiger partial charge in [-0.25, -0.2) is 13.2 Å². The van der Waals surface area contributed by atoms with Crippen molar-refractivity contribution in [3.63, 3.8) is 0 Å². The Morgan fingerprint density at radius 1 is 1.00 bits per heavy atom. The van der Waals surface area contributed by atoms with E-state index in [2.05, 4.69) is 5.32 Å². The van der Waals surface area contributed by atoms with Gasteiger partial charge in [0, 0.05) is 24.8 Å². The zero-order chi connectivity index (χ0) is 22.9. The third-order valence-electron chi connectivity index (χ3n) is 5.65. The molecule has 4 rings (SSSR count). The number of carbonyl (C=O) groups is 1. The molecule has 0 saturated carbocycles. The molecule has 170 valence electrons. The minimum Gasteiger partial charge on any atom is -0.408 e. The standard InChI is InChI=1S/C23H27N3O5S/c1-16-11-17(2)13-18(12-16)24-22(27)15-26-20-8-7-19(14-21(20)31-23(26)28)32(29,30)25-9-5-3-4-6-10-25/h7-8,11-14H,3-6,9-10,15H2,1-2H3,(H,24,27). The molecule has 1 amide bonds. The zero-order valence-electron chi connectivity index (χ0n) is 18.3. The normalized spacial score (nSPS) is 15.6. The molecule has 0 aliphatic carbocycles. The number of amides is 1. The van der Waals surface area contributed by atoms with E-state index in [0.29, 0.717) is 24.3 Å². The van der Waals surface area contributed by atoms with Gasteiger partial charge in [-0.3, -0.25) is 9.36 Å². The van der Waals surface area contributed by atoms with Crippen LogP contribution in [-0.4, -0.2) is 36.3 Å². The predicted octanol–water partition coefficient (Wildman–Crippen LogP) is 3.41. The van der Waals surface area contributed by atoms with Crippen molar-refractivity contribution >= 4 is 32.7 Å². The minimum atomic E-state index is -3.67. The molecule has 1 saturated heterocycles. The van der Waals surface area contributed by atoms with E-state index >= 15 is 0 Å². The SMILES string of the molecule is Cc1cc(C)cc(NC(=O)Cn2c(=O)oc3cc(S(=O)(=O)N4CCCCCC4)ccc32)c1. The molecule has 0 unspecified atom stereocenters. The van der Waals surface area contributed by atoms with Crippen molar-refractivity contribution < 1.29 is 17.6 Å². The summed E-state index contributed by atoms with van der Waals surface area (Å²) in [5, 5.41) is 2.80. The van der Waals surface area contributed by atoms with E-state index in [1.807, 2.05) is 32.0 Å². The first-order valence-electron chi connectivity index (χ1n) is 10.8. The number of hydrogen-bond acceptors (Lipinski definition) is 5. The quantitative estimate of drug-likeness (QED) is 0.633. The van der Waals surface area contributed by atoms with Crippen LogP contribution < -0.4 is 11.1 Å². The first-order chi connectivity index (χ1) is 15.2. The number of nitrogens with zero attached hydrogens (tertiary/aromatic N) is 2. The summed E-state index contributed by atoms with van der Waals surface area (Å²) in [6.45, 7) is 4.62. The topological polar surface area (TPSA) is 102 Å². The van der Waals surface area contributed by atoms with Gasteiger partial charge in [-0.2, -0.15) is 4.31 Å². The number of rotatable bonds is 5. The monoisotopic (exact) mass is 457 g/mol. The molecule has 8 nitrogen and oxygen atoms in total. The smallest absolute Gasteiger partial charge is 0.408 e. The number of benzene rings is 2. The number of fused-ring (bicyclic) bond motifs is 1. The Morgan fingerprint density at radius 2 is 1.66 bits per heavy atom. The number of anilines is 1.